The van der Waals surface area contributed by atoms with Crippen LogP contribution in [-0.2, 0) is 23.0 Å². The highest BCUT2D eigenvalue weighted by Crippen LogP contribution is 2.26. The standard InChI is InChI=1S/C18H19N7O2S/c1-4-16(26)21-12-6-5-7-13(10-12)22-17-14(28(3)27)11-19-18(24-17)23-15-8-9-20-25(15)2/h4-11H,1H2,2-3H3,(H,21,26)(H2,19,22,23,24). The molecule has 144 valence electrons. The van der Waals surface area contributed by atoms with E-state index in [4.69, 9.17) is 0 Å². The molecule has 0 aliphatic heterocycles. The minimum Gasteiger partial charge on any atom is -0.612 e. The van der Waals surface area contributed by atoms with Gasteiger partial charge in [0.15, 0.2) is 5.82 Å². The van der Waals surface area contributed by atoms with Crippen LogP contribution >= 0.6 is 0 Å². The Balaban J connectivity index is 1.88. The van der Waals surface area contributed by atoms with Crippen LogP contribution in [0.5, 0.6) is 0 Å². The third-order valence-electron chi connectivity index (χ3n) is 3.70. The molecular weight excluding hydrogens is 378 g/mol. The number of carbonyl (C=O) groups excluding carboxylic acids is 1. The van der Waals surface area contributed by atoms with E-state index < -0.39 is 11.2 Å². The molecule has 0 aliphatic rings. The summed E-state index contributed by atoms with van der Waals surface area (Å²) >= 11 is -1.30. The van der Waals surface area contributed by atoms with Crippen LogP contribution in [0.1, 0.15) is 0 Å². The molecule has 2 heterocycles. The molecule has 0 saturated carbocycles. The molecule has 3 aromatic rings. The fourth-order valence-corrected chi connectivity index (χ4v) is 2.92. The van der Waals surface area contributed by atoms with Gasteiger partial charge in [0, 0.05) is 24.5 Å². The van der Waals surface area contributed by atoms with Crippen LogP contribution < -0.4 is 16.0 Å². The molecule has 0 bridgehead atoms. The Morgan fingerprint density at radius 2 is 2.07 bits per heavy atom. The summed E-state index contributed by atoms with van der Waals surface area (Å²) in [5.41, 5.74) is 1.26. The summed E-state index contributed by atoms with van der Waals surface area (Å²) in [5, 5.41) is 13.0. The Morgan fingerprint density at radius 1 is 1.29 bits per heavy atom. The molecule has 1 unspecified atom stereocenters. The van der Waals surface area contributed by atoms with Gasteiger partial charge in [-0.3, -0.25) is 9.48 Å². The van der Waals surface area contributed by atoms with Crippen LogP contribution in [0.2, 0.25) is 0 Å². The molecule has 10 heteroatoms. The van der Waals surface area contributed by atoms with Crippen molar-refractivity contribution in [2.45, 2.75) is 4.90 Å². The zero-order valence-corrected chi connectivity index (χ0v) is 16.2. The number of hydrogen-bond donors (Lipinski definition) is 3. The van der Waals surface area contributed by atoms with E-state index >= 15 is 0 Å². The number of aryl methyl sites for hydroxylation is 1. The van der Waals surface area contributed by atoms with Crippen molar-refractivity contribution in [3.63, 3.8) is 0 Å². The number of anilines is 5. The van der Waals surface area contributed by atoms with Crippen molar-refractivity contribution in [3.8, 4) is 0 Å². The lowest BCUT2D eigenvalue weighted by Crippen LogP contribution is -2.10. The lowest BCUT2D eigenvalue weighted by molar-refractivity contribution is -0.111. The highest BCUT2D eigenvalue weighted by molar-refractivity contribution is 7.90. The second-order valence-corrected chi connectivity index (χ2v) is 7.07. The number of aromatic nitrogens is 4. The monoisotopic (exact) mass is 397 g/mol. The minimum atomic E-state index is -1.30. The first-order chi connectivity index (χ1) is 13.5. The summed E-state index contributed by atoms with van der Waals surface area (Å²) in [5.74, 6) is 1.13. The topological polar surface area (TPSA) is 120 Å². The first-order valence-corrected chi connectivity index (χ1v) is 9.78. The van der Waals surface area contributed by atoms with E-state index in [2.05, 4.69) is 37.6 Å². The SMILES string of the molecule is C=CC(=O)Nc1cccc(Nc2nc(Nc3ccnn3C)ncc2[S+](C)[O-])c1. The zero-order valence-electron chi connectivity index (χ0n) is 15.3. The number of rotatable bonds is 7. The van der Waals surface area contributed by atoms with Crippen LogP contribution in [-0.4, -0.2) is 36.5 Å². The number of benzene rings is 1. The minimum absolute atomic E-state index is 0.308. The molecule has 3 N–H and O–H groups in total. The first-order valence-electron chi connectivity index (χ1n) is 8.22. The van der Waals surface area contributed by atoms with E-state index in [-0.39, 0.29) is 5.91 Å². The van der Waals surface area contributed by atoms with Gasteiger partial charge in [0.1, 0.15) is 12.1 Å². The molecular formula is C18H19N7O2S. The van der Waals surface area contributed by atoms with Crippen molar-refractivity contribution < 1.29 is 9.35 Å². The summed E-state index contributed by atoms with van der Waals surface area (Å²) in [6.07, 6.45) is 5.91. The van der Waals surface area contributed by atoms with Crippen molar-refractivity contribution >= 4 is 46.0 Å². The van der Waals surface area contributed by atoms with E-state index in [0.717, 1.165) is 0 Å². The van der Waals surface area contributed by atoms with Crippen LogP contribution in [0, 0.1) is 0 Å². The van der Waals surface area contributed by atoms with Crippen LogP contribution in [0.15, 0.2) is 60.3 Å². The van der Waals surface area contributed by atoms with Crippen LogP contribution in [0.3, 0.4) is 0 Å². The predicted molar refractivity (Wildman–Crippen MR) is 109 cm³/mol. The average Bonchev–Trinajstić information content (AvgIpc) is 3.06. The third-order valence-corrected chi connectivity index (χ3v) is 4.62. The van der Waals surface area contributed by atoms with E-state index in [9.17, 15) is 9.35 Å². The number of amides is 1. The Hall–Kier alpha value is -3.37. The molecule has 2 aromatic heterocycles. The normalized spacial score (nSPS) is 11.5. The Morgan fingerprint density at radius 3 is 2.75 bits per heavy atom. The molecule has 0 spiro atoms. The lowest BCUT2D eigenvalue weighted by Gasteiger charge is -2.13. The summed E-state index contributed by atoms with van der Waals surface area (Å²) in [6, 6.07) is 8.86. The van der Waals surface area contributed by atoms with Gasteiger partial charge in [-0.05, 0) is 35.5 Å². The van der Waals surface area contributed by atoms with Crippen molar-refractivity contribution in [2.75, 3.05) is 22.2 Å². The van der Waals surface area contributed by atoms with Gasteiger partial charge in [-0.25, -0.2) is 4.98 Å². The van der Waals surface area contributed by atoms with Crippen molar-refractivity contribution in [1.82, 2.24) is 19.7 Å². The smallest absolute Gasteiger partial charge is 0.247 e. The van der Waals surface area contributed by atoms with Gasteiger partial charge in [-0.2, -0.15) is 10.1 Å². The Labute approximate surface area is 165 Å². The van der Waals surface area contributed by atoms with Gasteiger partial charge in [0.05, 0.1) is 12.4 Å². The van der Waals surface area contributed by atoms with Gasteiger partial charge in [-0.1, -0.05) is 12.6 Å². The molecule has 0 aliphatic carbocycles. The Bertz CT molecular complexity index is 1000. The maximum Gasteiger partial charge on any atom is 0.247 e. The second kappa shape index (κ2) is 8.55. The molecule has 0 saturated heterocycles. The summed E-state index contributed by atoms with van der Waals surface area (Å²) in [7, 11) is 1.79. The molecule has 1 amide bonds. The number of nitrogens with zero attached hydrogens (tertiary/aromatic N) is 4. The summed E-state index contributed by atoms with van der Waals surface area (Å²) in [4.78, 5) is 20.6. The fourth-order valence-electron chi connectivity index (χ4n) is 2.35. The summed E-state index contributed by atoms with van der Waals surface area (Å²) < 4.78 is 13.7. The highest BCUT2D eigenvalue weighted by atomic mass is 32.2. The molecule has 0 radical (unpaired) electrons. The van der Waals surface area contributed by atoms with Gasteiger partial charge in [-0.15, -0.1) is 0 Å². The molecule has 1 atom stereocenters. The van der Waals surface area contributed by atoms with Crippen molar-refractivity contribution in [1.29, 1.82) is 0 Å². The Kier molecular flexibility index (Phi) is 5.92. The number of carbonyl (C=O) groups is 1. The van der Waals surface area contributed by atoms with Crippen molar-refractivity contribution in [2.24, 2.45) is 7.05 Å². The van der Waals surface area contributed by atoms with E-state index in [0.29, 0.717) is 33.9 Å². The quantitative estimate of drug-likeness (QED) is 0.414. The van der Waals surface area contributed by atoms with E-state index in [1.807, 2.05) is 6.07 Å². The number of nitrogens with one attached hydrogen (secondary N) is 3. The molecule has 3 rings (SSSR count). The van der Waals surface area contributed by atoms with Crippen LogP contribution in [0.4, 0.5) is 29.0 Å². The van der Waals surface area contributed by atoms with Gasteiger partial charge in [0.25, 0.3) is 0 Å². The van der Waals surface area contributed by atoms with Gasteiger partial charge >= 0.3 is 0 Å². The predicted octanol–water partition coefficient (Wildman–Crippen LogP) is 2.56. The van der Waals surface area contributed by atoms with E-state index in [1.54, 1.807) is 48.4 Å². The lowest BCUT2D eigenvalue weighted by atomic mass is 10.2. The van der Waals surface area contributed by atoms with Gasteiger partial charge in [0.2, 0.25) is 16.8 Å². The van der Waals surface area contributed by atoms with Crippen molar-refractivity contribution in [3.05, 3.63) is 55.4 Å². The third kappa shape index (κ3) is 4.67. The molecule has 0 fully saturated rings. The number of hydrogen-bond acceptors (Lipinski definition) is 7. The van der Waals surface area contributed by atoms with Gasteiger partial charge < -0.3 is 20.5 Å². The fraction of sp³-hybridized carbons (Fsp3) is 0.111. The largest absolute Gasteiger partial charge is 0.612 e. The maximum atomic E-state index is 12.1. The van der Waals surface area contributed by atoms with Crippen LogP contribution in [0.25, 0.3) is 0 Å². The zero-order chi connectivity index (χ0) is 20.1. The molecule has 28 heavy (non-hydrogen) atoms. The second-order valence-electron chi connectivity index (χ2n) is 5.72. The average molecular weight is 397 g/mol. The summed E-state index contributed by atoms with van der Waals surface area (Å²) in [6.45, 7) is 3.43. The molecule has 1 aromatic carbocycles. The maximum absolute atomic E-state index is 12.1. The first kappa shape index (κ1) is 19.4. The molecule has 9 nitrogen and oxygen atoms in total. The van der Waals surface area contributed by atoms with E-state index in [1.165, 1.54) is 12.3 Å². The highest BCUT2D eigenvalue weighted by Gasteiger charge is 2.17.